The fourth-order valence-corrected chi connectivity index (χ4v) is 3.50. The van der Waals surface area contributed by atoms with Gasteiger partial charge in [0.2, 0.25) is 0 Å². The summed E-state index contributed by atoms with van der Waals surface area (Å²) in [4.78, 5) is 14.2. The fourth-order valence-electron chi connectivity index (χ4n) is 3.16. The van der Waals surface area contributed by atoms with Crippen LogP contribution in [0.1, 0.15) is 39.7 Å². The van der Waals surface area contributed by atoms with Crippen LogP contribution in [0.25, 0.3) is 0 Å². The standard InChI is InChI=1S/C20H30Cl2N2O3/c1-5-26-18-11-17(22)16(21)10-15(18)7-9-24-8-6-14(13-24)12-23-19(25)27-20(2,3)4/h10-11,14H,5-9,12-13H2,1-4H3,(H,23,25)/t14-/m1/s1. The largest absolute Gasteiger partial charge is 0.494 e. The summed E-state index contributed by atoms with van der Waals surface area (Å²) in [7, 11) is 0. The number of carbonyl (C=O) groups excluding carboxylic acids is 1. The van der Waals surface area contributed by atoms with Gasteiger partial charge in [0.25, 0.3) is 0 Å². The summed E-state index contributed by atoms with van der Waals surface area (Å²) in [5, 5.41) is 3.94. The van der Waals surface area contributed by atoms with E-state index in [-0.39, 0.29) is 6.09 Å². The number of nitrogens with one attached hydrogen (secondary N) is 1. The third kappa shape index (κ3) is 7.40. The topological polar surface area (TPSA) is 50.8 Å². The summed E-state index contributed by atoms with van der Waals surface area (Å²) >= 11 is 12.3. The van der Waals surface area contributed by atoms with Gasteiger partial charge in [-0.3, -0.25) is 0 Å². The lowest BCUT2D eigenvalue weighted by molar-refractivity contribution is 0.0519. The van der Waals surface area contributed by atoms with Crippen molar-refractivity contribution in [2.75, 3.05) is 32.8 Å². The molecule has 5 nitrogen and oxygen atoms in total. The minimum atomic E-state index is -0.468. The van der Waals surface area contributed by atoms with Gasteiger partial charge < -0.3 is 19.7 Å². The normalized spacial score (nSPS) is 17.8. The number of carbonyl (C=O) groups is 1. The molecule has 0 unspecified atom stereocenters. The summed E-state index contributed by atoms with van der Waals surface area (Å²) in [6.07, 6.45) is 1.56. The third-order valence-electron chi connectivity index (χ3n) is 4.40. The second kappa shape index (κ2) is 9.85. The van der Waals surface area contributed by atoms with Crippen molar-refractivity contribution >= 4 is 29.3 Å². The highest BCUT2D eigenvalue weighted by molar-refractivity contribution is 6.42. The van der Waals surface area contributed by atoms with Crippen LogP contribution in [0.5, 0.6) is 5.75 Å². The first-order valence-corrected chi connectivity index (χ1v) is 10.2. The van der Waals surface area contributed by atoms with Gasteiger partial charge in [-0.25, -0.2) is 4.79 Å². The Morgan fingerprint density at radius 3 is 2.67 bits per heavy atom. The lowest BCUT2D eigenvalue weighted by Crippen LogP contribution is -2.36. The second-order valence-corrected chi connectivity index (χ2v) is 8.71. The molecule has 0 bridgehead atoms. The van der Waals surface area contributed by atoms with Crippen molar-refractivity contribution in [3.63, 3.8) is 0 Å². The maximum Gasteiger partial charge on any atom is 0.407 e. The highest BCUT2D eigenvalue weighted by Crippen LogP contribution is 2.31. The van der Waals surface area contributed by atoms with E-state index >= 15 is 0 Å². The molecule has 152 valence electrons. The lowest BCUT2D eigenvalue weighted by Gasteiger charge is -2.21. The van der Waals surface area contributed by atoms with Gasteiger partial charge in [0, 0.05) is 25.7 Å². The molecule has 0 spiro atoms. The van der Waals surface area contributed by atoms with Gasteiger partial charge in [0.15, 0.2) is 0 Å². The van der Waals surface area contributed by atoms with Crippen LogP contribution in [-0.4, -0.2) is 49.4 Å². The van der Waals surface area contributed by atoms with Gasteiger partial charge in [-0.1, -0.05) is 23.2 Å². The molecule has 0 aliphatic carbocycles. The van der Waals surface area contributed by atoms with Crippen molar-refractivity contribution in [1.82, 2.24) is 10.2 Å². The SMILES string of the molecule is CCOc1cc(Cl)c(Cl)cc1CCN1CC[C@H](CNC(=O)OC(C)(C)C)C1. The van der Waals surface area contributed by atoms with Gasteiger partial charge >= 0.3 is 6.09 Å². The number of hydrogen-bond acceptors (Lipinski definition) is 4. The maximum atomic E-state index is 11.8. The molecule has 7 heteroatoms. The first kappa shape index (κ1) is 22.1. The molecular weight excluding hydrogens is 387 g/mol. The molecule has 1 aromatic carbocycles. The van der Waals surface area contributed by atoms with Crippen molar-refractivity contribution < 1.29 is 14.3 Å². The fraction of sp³-hybridized carbons (Fsp3) is 0.650. The predicted molar refractivity (Wildman–Crippen MR) is 110 cm³/mol. The molecule has 1 N–H and O–H groups in total. The monoisotopic (exact) mass is 416 g/mol. The van der Waals surface area contributed by atoms with E-state index in [2.05, 4.69) is 10.2 Å². The number of amides is 1. The Hall–Kier alpha value is -1.17. The average Bonchev–Trinajstić information content (AvgIpc) is 3.01. The van der Waals surface area contributed by atoms with Crippen LogP contribution in [0.15, 0.2) is 12.1 Å². The zero-order valence-electron chi connectivity index (χ0n) is 16.6. The molecule has 1 saturated heterocycles. The summed E-state index contributed by atoms with van der Waals surface area (Å²) in [6.45, 7) is 11.7. The highest BCUT2D eigenvalue weighted by atomic mass is 35.5. The van der Waals surface area contributed by atoms with Crippen LogP contribution in [-0.2, 0) is 11.2 Å². The Kier molecular flexibility index (Phi) is 8.07. The first-order chi connectivity index (χ1) is 12.7. The van der Waals surface area contributed by atoms with Crippen molar-refractivity contribution in [3.05, 3.63) is 27.7 Å². The Bertz CT molecular complexity index is 647. The maximum absolute atomic E-state index is 11.8. The molecular formula is C20H30Cl2N2O3. The van der Waals surface area contributed by atoms with E-state index < -0.39 is 5.60 Å². The number of likely N-dealkylation sites (tertiary alicyclic amines) is 1. The number of benzene rings is 1. The molecule has 1 atom stereocenters. The molecule has 1 aliphatic rings. The smallest absolute Gasteiger partial charge is 0.407 e. The number of rotatable bonds is 7. The number of ether oxygens (including phenoxy) is 2. The predicted octanol–water partition coefficient (Wildman–Crippen LogP) is 4.78. The first-order valence-electron chi connectivity index (χ1n) is 9.48. The Labute approximate surface area is 172 Å². The van der Waals surface area contributed by atoms with Crippen LogP contribution in [0.4, 0.5) is 4.79 Å². The molecule has 0 radical (unpaired) electrons. The van der Waals surface area contributed by atoms with E-state index in [1.54, 1.807) is 6.07 Å². The van der Waals surface area contributed by atoms with Crippen LogP contribution < -0.4 is 10.1 Å². The van der Waals surface area contributed by atoms with Crippen molar-refractivity contribution in [1.29, 1.82) is 0 Å². The second-order valence-electron chi connectivity index (χ2n) is 7.90. The van der Waals surface area contributed by atoms with Gasteiger partial charge in [0.1, 0.15) is 11.4 Å². The molecule has 2 rings (SSSR count). The number of halogens is 2. The molecule has 1 aromatic rings. The molecule has 1 amide bonds. The number of nitrogens with zero attached hydrogens (tertiary/aromatic N) is 1. The van der Waals surface area contributed by atoms with E-state index in [1.165, 1.54) is 0 Å². The quantitative estimate of drug-likeness (QED) is 0.694. The third-order valence-corrected chi connectivity index (χ3v) is 5.13. The van der Waals surface area contributed by atoms with Crippen LogP contribution in [0.2, 0.25) is 10.0 Å². The molecule has 1 heterocycles. The molecule has 1 aliphatic heterocycles. The number of alkyl carbamates (subject to hydrolysis) is 1. The van der Waals surface area contributed by atoms with E-state index in [4.69, 9.17) is 32.7 Å². The van der Waals surface area contributed by atoms with E-state index in [1.807, 2.05) is 33.8 Å². The Balaban J connectivity index is 1.80. The zero-order chi connectivity index (χ0) is 20.0. The van der Waals surface area contributed by atoms with Crippen molar-refractivity contribution in [3.8, 4) is 5.75 Å². The van der Waals surface area contributed by atoms with E-state index in [9.17, 15) is 4.79 Å². The minimum Gasteiger partial charge on any atom is -0.494 e. The van der Waals surface area contributed by atoms with Crippen molar-refractivity contribution in [2.45, 2.75) is 46.1 Å². The van der Waals surface area contributed by atoms with Crippen LogP contribution in [0.3, 0.4) is 0 Å². The minimum absolute atomic E-state index is 0.349. The summed E-state index contributed by atoms with van der Waals surface area (Å²) < 4.78 is 11.0. The van der Waals surface area contributed by atoms with E-state index in [0.29, 0.717) is 29.1 Å². The number of hydrogen-bond donors (Lipinski definition) is 1. The van der Waals surface area contributed by atoms with Crippen molar-refractivity contribution in [2.24, 2.45) is 5.92 Å². The van der Waals surface area contributed by atoms with E-state index in [0.717, 1.165) is 43.8 Å². The summed E-state index contributed by atoms with van der Waals surface area (Å²) in [6, 6.07) is 3.69. The summed E-state index contributed by atoms with van der Waals surface area (Å²) in [5.41, 5.74) is 0.603. The molecule has 1 fully saturated rings. The van der Waals surface area contributed by atoms with Crippen LogP contribution >= 0.6 is 23.2 Å². The van der Waals surface area contributed by atoms with Crippen LogP contribution in [0, 0.1) is 5.92 Å². The van der Waals surface area contributed by atoms with Gasteiger partial charge in [-0.2, -0.15) is 0 Å². The molecule has 27 heavy (non-hydrogen) atoms. The zero-order valence-corrected chi connectivity index (χ0v) is 18.1. The lowest BCUT2D eigenvalue weighted by atomic mass is 10.1. The Morgan fingerprint density at radius 2 is 2.00 bits per heavy atom. The van der Waals surface area contributed by atoms with Gasteiger partial charge in [-0.05, 0) is 64.6 Å². The van der Waals surface area contributed by atoms with Gasteiger partial charge in [-0.15, -0.1) is 0 Å². The molecule has 0 saturated carbocycles. The average molecular weight is 417 g/mol. The molecule has 0 aromatic heterocycles. The van der Waals surface area contributed by atoms with Gasteiger partial charge in [0.05, 0.1) is 16.7 Å². The highest BCUT2D eigenvalue weighted by Gasteiger charge is 2.24. The Morgan fingerprint density at radius 1 is 1.30 bits per heavy atom. The summed E-state index contributed by atoms with van der Waals surface area (Å²) in [5.74, 6) is 1.24.